The number of fused-ring (bicyclic) bond motifs is 1. The number of benzene rings is 2. The van der Waals surface area contributed by atoms with Gasteiger partial charge in [-0.2, -0.15) is 0 Å². The highest BCUT2D eigenvalue weighted by Gasteiger charge is 2.40. The van der Waals surface area contributed by atoms with Crippen LogP contribution in [0.3, 0.4) is 0 Å². The first-order chi connectivity index (χ1) is 21.7. The first kappa shape index (κ1) is 11.4. The number of carbonyl (C=O) groups excluding carboxylic acids is 3. The van der Waals surface area contributed by atoms with Crippen LogP contribution in [0.1, 0.15) is 59.1 Å². The van der Waals surface area contributed by atoms with Crippen molar-refractivity contribution >= 4 is 17.7 Å². The number of imide groups is 1. The van der Waals surface area contributed by atoms with Gasteiger partial charge in [-0.25, -0.2) is 4.39 Å². The number of amides is 3. The van der Waals surface area contributed by atoms with Crippen molar-refractivity contribution in [2.24, 2.45) is 0 Å². The van der Waals surface area contributed by atoms with Gasteiger partial charge in [0.25, 0.3) is 5.91 Å². The number of halogens is 1. The number of nitrogens with one attached hydrogen (secondary N) is 1. The molecule has 9 heteroatoms. The van der Waals surface area contributed by atoms with Gasteiger partial charge in [0.2, 0.25) is 11.8 Å². The average Bonchev–Trinajstić information content (AvgIpc) is 3.12. The molecule has 0 aromatic heterocycles. The lowest BCUT2D eigenvalue weighted by molar-refractivity contribution is -0.136. The first-order valence-electron chi connectivity index (χ1n) is 17.0. The summed E-state index contributed by atoms with van der Waals surface area (Å²) in [5, 5.41) is 2.04. The predicted octanol–water partition coefficient (Wildman–Crippen LogP) is 2.00. The van der Waals surface area contributed by atoms with Gasteiger partial charge in [-0.1, -0.05) is 18.2 Å². The van der Waals surface area contributed by atoms with Crippen molar-refractivity contribution in [3.05, 3.63) is 64.5 Å². The van der Waals surface area contributed by atoms with E-state index in [0.717, 1.165) is 12.1 Å². The van der Waals surface area contributed by atoms with E-state index in [1.54, 1.807) is 0 Å². The Bertz CT molecular complexity index is 1700. The standard InChI is InChI=1S/C25H26FN3O5/c26-20-12-16(13-28-8-10-33-11-9-28)4-5-17(20)15-34-22-3-1-2-18-19(22)14-29(25(18)32)21-6-7-23(30)27-24(21)31/h1-5,12,21H,6-11,13-15H2,(H,27,30,31)/i8D2,9D2,10D2,11D2,13D2,14D2,15D2. The lowest BCUT2D eigenvalue weighted by Crippen LogP contribution is -2.52. The second-order valence-corrected chi connectivity index (χ2v) is 7.31. The third kappa shape index (κ3) is 4.53. The number of hydrogen-bond acceptors (Lipinski definition) is 6. The quantitative estimate of drug-likeness (QED) is 0.635. The van der Waals surface area contributed by atoms with Gasteiger partial charge in [0.1, 0.15) is 24.2 Å². The molecule has 2 saturated heterocycles. The van der Waals surface area contributed by atoms with Crippen molar-refractivity contribution < 1.29 is 47.4 Å². The zero-order valence-corrected chi connectivity index (χ0v) is 17.3. The van der Waals surface area contributed by atoms with Crippen molar-refractivity contribution in [1.29, 1.82) is 0 Å². The molecule has 2 aromatic rings. The van der Waals surface area contributed by atoms with E-state index < -0.39 is 103 Å². The van der Waals surface area contributed by atoms with Gasteiger partial charge in [0.15, 0.2) is 0 Å². The van der Waals surface area contributed by atoms with E-state index in [-0.39, 0.29) is 18.4 Å². The molecule has 3 heterocycles. The Morgan fingerprint density at radius 3 is 2.79 bits per heavy atom. The summed E-state index contributed by atoms with van der Waals surface area (Å²) in [4.78, 5) is 37.6. The Labute approximate surface area is 216 Å². The molecule has 0 bridgehead atoms. The fraction of sp³-hybridized carbons (Fsp3) is 0.400. The molecule has 2 fully saturated rings. The number of ether oxygens (including phenoxy) is 2. The normalized spacial score (nSPS) is 35.3. The van der Waals surface area contributed by atoms with Crippen LogP contribution in [0.4, 0.5) is 4.39 Å². The Morgan fingerprint density at radius 2 is 2.03 bits per heavy atom. The highest BCUT2D eigenvalue weighted by molar-refractivity contribution is 6.05. The van der Waals surface area contributed by atoms with Crippen LogP contribution >= 0.6 is 0 Å². The zero-order valence-electron chi connectivity index (χ0n) is 31.3. The Morgan fingerprint density at radius 1 is 1.21 bits per heavy atom. The van der Waals surface area contributed by atoms with Crippen LogP contribution in [-0.4, -0.2) is 59.7 Å². The predicted molar refractivity (Wildman–Crippen MR) is 119 cm³/mol. The molecule has 0 radical (unpaired) electrons. The molecule has 3 aliphatic heterocycles. The highest BCUT2D eigenvalue weighted by atomic mass is 19.1. The molecular formula is C25H26FN3O5. The summed E-state index contributed by atoms with van der Waals surface area (Å²) < 4.78 is 141. The topological polar surface area (TPSA) is 88.2 Å². The molecule has 8 nitrogen and oxygen atoms in total. The van der Waals surface area contributed by atoms with Crippen molar-refractivity contribution in [2.75, 3.05) is 26.1 Å². The number of hydrogen-bond donors (Lipinski definition) is 1. The highest BCUT2D eigenvalue weighted by Crippen LogP contribution is 2.34. The zero-order chi connectivity index (χ0) is 36.2. The van der Waals surface area contributed by atoms with Crippen LogP contribution in [0.15, 0.2) is 36.4 Å². The Balaban J connectivity index is 1.50. The molecule has 0 saturated carbocycles. The van der Waals surface area contributed by atoms with Crippen LogP contribution in [0.2, 0.25) is 0 Å². The largest absolute Gasteiger partial charge is 0.488 e. The molecule has 3 aliphatic rings. The maximum Gasteiger partial charge on any atom is 0.255 e. The summed E-state index contributed by atoms with van der Waals surface area (Å²) in [6, 6.07) is 3.86. The van der Waals surface area contributed by atoms with E-state index in [9.17, 15) is 14.4 Å². The van der Waals surface area contributed by atoms with Crippen molar-refractivity contribution in [3.63, 3.8) is 0 Å². The summed E-state index contributed by atoms with van der Waals surface area (Å²) >= 11 is 0. The Hall–Kier alpha value is -3.30. The van der Waals surface area contributed by atoms with Crippen molar-refractivity contribution in [2.45, 2.75) is 38.4 Å². The number of carbonyl (C=O) groups is 3. The van der Waals surface area contributed by atoms with Gasteiger partial charge in [-0.3, -0.25) is 24.6 Å². The fourth-order valence-electron chi connectivity index (χ4n) is 3.51. The molecule has 0 spiro atoms. The molecule has 2 aromatic carbocycles. The van der Waals surface area contributed by atoms with E-state index in [0.29, 0.717) is 17.0 Å². The smallest absolute Gasteiger partial charge is 0.255 e. The lowest BCUT2D eigenvalue weighted by Gasteiger charge is -2.29. The fourth-order valence-corrected chi connectivity index (χ4v) is 3.51. The van der Waals surface area contributed by atoms with Crippen LogP contribution in [0.25, 0.3) is 0 Å². The first-order valence-corrected chi connectivity index (χ1v) is 10.0. The third-order valence-electron chi connectivity index (χ3n) is 5.13. The third-order valence-corrected chi connectivity index (χ3v) is 5.13. The van der Waals surface area contributed by atoms with Gasteiger partial charge in [0.05, 0.1) is 30.6 Å². The SMILES string of the molecule is [2H]C([2H])(Oc1cccc2c1C([2H])([2H])N(C1CCC(=O)NC1=O)C2=O)c1ccc(C([2H])([2H])N2C([2H])([2H])C([2H])([2H])OC([2H])([2H])C2([2H])[2H])cc1F. The van der Waals surface area contributed by atoms with Gasteiger partial charge in [-0.05, 0) is 30.2 Å². The van der Waals surface area contributed by atoms with E-state index >= 15 is 4.39 Å². The van der Waals surface area contributed by atoms with E-state index in [4.69, 9.17) is 23.9 Å². The minimum atomic E-state index is -3.68. The minimum absolute atomic E-state index is 0.174. The molecule has 1 atom stereocenters. The molecule has 5 rings (SSSR count). The summed E-state index contributed by atoms with van der Waals surface area (Å²) in [7, 11) is 0. The van der Waals surface area contributed by atoms with Crippen LogP contribution in [0, 0.1) is 5.82 Å². The summed E-state index contributed by atoms with van der Waals surface area (Å²) in [5.41, 5.74) is -2.57. The molecule has 0 aliphatic carbocycles. The van der Waals surface area contributed by atoms with Gasteiger partial charge in [-0.15, -0.1) is 0 Å². The van der Waals surface area contributed by atoms with Crippen molar-refractivity contribution in [3.8, 4) is 5.75 Å². The molecule has 178 valence electrons. The van der Waals surface area contributed by atoms with Crippen LogP contribution < -0.4 is 10.1 Å². The Kier molecular flexibility index (Phi) is 3.20. The average molecular weight is 482 g/mol. The molecule has 3 amide bonds. The molecular weight excluding hydrogens is 441 g/mol. The van der Waals surface area contributed by atoms with E-state index in [1.165, 1.54) is 12.1 Å². The minimum Gasteiger partial charge on any atom is -0.488 e. The summed E-state index contributed by atoms with van der Waals surface area (Å²) in [5.74, 6) is -4.57. The van der Waals surface area contributed by atoms with Crippen LogP contribution in [-0.2, 0) is 33.9 Å². The molecule has 1 N–H and O–H groups in total. The van der Waals surface area contributed by atoms with Crippen molar-refractivity contribution in [1.82, 2.24) is 15.1 Å². The summed E-state index contributed by atoms with van der Waals surface area (Å²) in [6.45, 7) is -24.0. The van der Waals surface area contributed by atoms with Gasteiger partial charge >= 0.3 is 0 Å². The van der Waals surface area contributed by atoms with Crippen LogP contribution in [0.5, 0.6) is 5.75 Å². The second-order valence-electron chi connectivity index (χ2n) is 7.31. The number of morpholine rings is 1. The van der Waals surface area contributed by atoms with Gasteiger partial charge in [0, 0.05) is 50.8 Å². The molecule has 1 unspecified atom stereocenters. The monoisotopic (exact) mass is 481 g/mol. The number of piperidine rings is 1. The van der Waals surface area contributed by atoms with Gasteiger partial charge < -0.3 is 14.4 Å². The van der Waals surface area contributed by atoms with E-state index in [1.807, 2.05) is 5.32 Å². The second kappa shape index (κ2) is 9.52. The summed E-state index contributed by atoms with van der Waals surface area (Å²) in [6.07, 6.45) is -0.360. The van der Waals surface area contributed by atoms with E-state index in [2.05, 4.69) is 4.74 Å². The number of nitrogens with zero attached hydrogens (tertiary/aromatic N) is 2. The molecule has 34 heavy (non-hydrogen) atoms. The lowest BCUT2D eigenvalue weighted by atomic mass is 10.0. The maximum absolute atomic E-state index is 15.6. The number of rotatable bonds is 6. The maximum atomic E-state index is 15.6.